The molecule has 1 aliphatic rings. The third-order valence-corrected chi connectivity index (χ3v) is 3.91. The molecule has 1 amide bonds. The van der Waals surface area contributed by atoms with Crippen molar-refractivity contribution in [3.63, 3.8) is 0 Å². The van der Waals surface area contributed by atoms with E-state index in [-0.39, 0.29) is 11.6 Å². The number of nitrogens with one attached hydrogen (secondary N) is 1. The molecule has 0 saturated heterocycles. The molecule has 6 heteroatoms. The molecule has 0 atom stereocenters. The predicted molar refractivity (Wildman–Crippen MR) is 79.0 cm³/mol. The van der Waals surface area contributed by atoms with Gasteiger partial charge in [-0.05, 0) is 30.5 Å². The van der Waals surface area contributed by atoms with Gasteiger partial charge in [0.15, 0.2) is 0 Å². The Labute approximate surface area is 125 Å². The van der Waals surface area contributed by atoms with Crippen molar-refractivity contribution in [1.29, 1.82) is 0 Å². The standard InChI is InChI=1S/C16H13FN2O3/c17-13-7-6-12(10-14(13)19(21)22)18-15(20)16(8-9-16)11-4-2-1-3-5-11/h1-7,10H,8-9H2,(H,18,20). The van der Waals surface area contributed by atoms with Gasteiger partial charge in [-0.2, -0.15) is 4.39 Å². The van der Waals surface area contributed by atoms with Crippen LogP contribution in [0.25, 0.3) is 0 Å². The van der Waals surface area contributed by atoms with Crippen molar-refractivity contribution in [2.75, 3.05) is 5.32 Å². The topological polar surface area (TPSA) is 72.2 Å². The van der Waals surface area contributed by atoms with E-state index in [1.807, 2.05) is 30.3 Å². The second kappa shape index (κ2) is 5.22. The Hall–Kier alpha value is -2.76. The molecular weight excluding hydrogens is 287 g/mol. The van der Waals surface area contributed by atoms with Crippen LogP contribution in [0.2, 0.25) is 0 Å². The molecule has 1 saturated carbocycles. The van der Waals surface area contributed by atoms with E-state index in [4.69, 9.17) is 0 Å². The molecule has 0 heterocycles. The number of amides is 1. The van der Waals surface area contributed by atoms with Gasteiger partial charge in [0.2, 0.25) is 11.7 Å². The van der Waals surface area contributed by atoms with Gasteiger partial charge < -0.3 is 5.32 Å². The Morgan fingerprint density at radius 2 is 1.86 bits per heavy atom. The first kappa shape index (κ1) is 14.2. The van der Waals surface area contributed by atoms with Gasteiger partial charge >= 0.3 is 5.69 Å². The van der Waals surface area contributed by atoms with Crippen molar-refractivity contribution in [3.8, 4) is 0 Å². The fourth-order valence-corrected chi connectivity index (χ4v) is 2.51. The number of rotatable bonds is 4. The average molecular weight is 300 g/mol. The molecule has 2 aromatic rings. The highest BCUT2D eigenvalue weighted by atomic mass is 19.1. The lowest BCUT2D eigenvalue weighted by atomic mass is 9.95. The highest BCUT2D eigenvalue weighted by molar-refractivity contribution is 6.01. The predicted octanol–water partition coefficient (Wildman–Crippen LogP) is 3.40. The molecular formula is C16H13FN2O3. The Bertz CT molecular complexity index is 742. The largest absolute Gasteiger partial charge is 0.325 e. The molecule has 22 heavy (non-hydrogen) atoms. The number of benzene rings is 2. The Morgan fingerprint density at radius 1 is 1.18 bits per heavy atom. The lowest BCUT2D eigenvalue weighted by Crippen LogP contribution is -2.27. The van der Waals surface area contributed by atoms with Gasteiger partial charge in [0.1, 0.15) is 0 Å². The van der Waals surface area contributed by atoms with E-state index in [2.05, 4.69) is 5.32 Å². The fourth-order valence-electron chi connectivity index (χ4n) is 2.51. The first-order chi connectivity index (χ1) is 10.5. The Kier molecular flexibility index (Phi) is 3.36. The summed E-state index contributed by atoms with van der Waals surface area (Å²) >= 11 is 0. The second-order valence-electron chi connectivity index (χ2n) is 5.33. The van der Waals surface area contributed by atoms with Crippen LogP contribution in [0.5, 0.6) is 0 Å². The Balaban J connectivity index is 1.84. The molecule has 5 nitrogen and oxygen atoms in total. The van der Waals surface area contributed by atoms with Gasteiger partial charge in [0, 0.05) is 11.8 Å². The van der Waals surface area contributed by atoms with Crippen LogP contribution in [0.3, 0.4) is 0 Å². The Morgan fingerprint density at radius 3 is 2.45 bits per heavy atom. The summed E-state index contributed by atoms with van der Waals surface area (Å²) in [5.74, 6) is -1.15. The van der Waals surface area contributed by atoms with E-state index in [1.165, 1.54) is 6.07 Å². The first-order valence-electron chi connectivity index (χ1n) is 6.84. The monoisotopic (exact) mass is 300 g/mol. The number of nitro benzene ring substituents is 1. The van der Waals surface area contributed by atoms with Gasteiger partial charge in [-0.3, -0.25) is 14.9 Å². The summed E-state index contributed by atoms with van der Waals surface area (Å²) in [6, 6.07) is 12.7. The number of anilines is 1. The van der Waals surface area contributed by atoms with Gasteiger partial charge in [0.25, 0.3) is 0 Å². The van der Waals surface area contributed by atoms with E-state index in [0.717, 1.165) is 30.5 Å². The second-order valence-corrected chi connectivity index (χ2v) is 5.33. The van der Waals surface area contributed by atoms with Crippen LogP contribution in [0.4, 0.5) is 15.8 Å². The summed E-state index contributed by atoms with van der Waals surface area (Å²) in [4.78, 5) is 22.4. The molecule has 0 spiro atoms. The van der Waals surface area contributed by atoms with E-state index < -0.39 is 21.8 Å². The molecule has 1 N–H and O–H groups in total. The van der Waals surface area contributed by atoms with Crippen molar-refractivity contribution in [3.05, 3.63) is 70.0 Å². The van der Waals surface area contributed by atoms with Crippen LogP contribution >= 0.6 is 0 Å². The van der Waals surface area contributed by atoms with Crippen molar-refractivity contribution in [2.45, 2.75) is 18.3 Å². The normalized spacial score (nSPS) is 15.1. The first-order valence-corrected chi connectivity index (χ1v) is 6.84. The number of nitro groups is 1. The zero-order valence-electron chi connectivity index (χ0n) is 11.6. The molecule has 0 aliphatic heterocycles. The molecule has 2 aromatic carbocycles. The maximum Gasteiger partial charge on any atom is 0.306 e. The fraction of sp³-hybridized carbons (Fsp3) is 0.188. The molecule has 112 valence electrons. The molecule has 0 radical (unpaired) electrons. The molecule has 1 fully saturated rings. The summed E-state index contributed by atoms with van der Waals surface area (Å²) in [5, 5.41) is 13.4. The number of hydrogen-bond acceptors (Lipinski definition) is 3. The van der Waals surface area contributed by atoms with Crippen LogP contribution in [-0.4, -0.2) is 10.8 Å². The summed E-state index contributed by atoms with van der Waals surface area (Å²) < 4.78 is 13.3. The van der Waals surface area contributed by atoms with Crippen LogP contribution in [0.1, 0.15) is 18.4 Å². The van der Waals surface area contributed by atoms with Crippen molar-refractivity contribution in [1.82, 2.24) is 0 Å². The lowest BCUT2D eigenvalue weighted by molar-refractivity contribution is -0.387. The molecule has 0 bridgehead atoms. The third kappa shape index (κ3) is 2.43. The zero-order chi connectivity index (χ0) is 15.7. The average Bonchev–Trinajstić information content (AvgIpc) is 3.31. The number of carbonyl (C=O) groups is 1. The van der Waals surface area contributed by atoms with Crippen LogP contribution < -0.4 is 5.32 Å². The van der Waals surface area contributed by atoms with Gasteiger partial charge in [-0.1, -0.05) is 30.3 Å². The van der Waals surface area contributed by atoms with Crippen LogP contribution in [-0.2, 0) is 10.2 Å². The summed E-state index contributed by atoms with van der Waals surface area (Å²) in [7, 11) is 0. The molecule has 0 aromatic heterocycles. The summed E-state index contributed by atoms with van der Waals surface area (Å²) in [6.07, 6.45) is 1.46. The highest BCUT2D eigenvalue weighted by Gasteiger charge is 2.51. The number of hydrogen-bond donors (Lipinski definition) is 1. The van der Waals surface area contributed by atoms with Crippen LogP contribution in [0.15, 0.2) is 48.5 Å². The molecule has 3 rings (SSSR count). The van der Waals surface area contributed by atoms with E-state index in [9.17, 15) is 19.3 Å². The van der Waals surface area contributed by atoms with Crippen molar-refractivity contribution >= 4 is 17.3 Å². The molecule has 0 unspecified atom stereocenters. The van der Waals surface area contributed by atoms with E-state index in [1.54, 1.807) is 0 Å². The smallest absolute Gasteiger partial charge is 0.306 e. The minimum Gasteiger partial charge on any atom is -0.325 e. The number of halogens is 1. The lowest BCUT2D eigenvalue weighted by Gasteiger charge is -2.15. The summed E-state index contributed by atoms with van der Waals surface area (Å²) in [5.41, 5.74) is -0.0866. The maximum atomic E-state index is 13.3. The summed E-state index contributed by atoms with van der Waals surface area (Å²) in [6.45, 7) is 0. The van der Waals surface area contributed by atoms with E-state index in [0.29, 0.717) is 0 Å². The highest BCUT2D eigenvalue weighted by Crippen LogP contribution is 2.49. The van der Waals surface area contributed by atoms with Crippen molar-refractivity contribution < 1.29 is 14.1 Å². The third-order valence-electron chi connectivity index (χ3n) is 3.91. The maximum absolute atomic E-state index is 13.3. The van der Waals surface area contributed by atoms with E-state index >= 15 is 0 Å². The zero-order valence-corrected chi connectivity index (χ0v) is 11.6. The SMILES string of the molecule is O=C(Nc1ccc(F)c([N+](=O)[O-])c1)C1(c2ccccc2)CC1. The minimum atomic E-state index is -0.924. The number of carbonyl (C=O) groups excluding carboxylic acids is 1. The minimum absolute atomic E-state index is 0.223. The van der Waals surface area contributed by atoms with Crippen molar-refractivity contribution in [2.24, 2.45) is 0 Å². The molecule has 1 aliphatic carbocycles. The number of nitrogens with zero attached hydrogens (tertiary/aromatic N) is 1. The van der Waals surface area contributed by atoms with Gasteiger partial charge in [0.05, 0.1) is 10.3 Å². The quantitative estimate of drug-likeness (QED) is 0.694. The van der Waals surface area contributed by atoms with Gasteiger partial charge in [-0.25, -0.2) is 0 Å². The van der Waals surface area contributed by atoms with Crippen LogP contribution in [0, 0.1) is 15.9 Å². The van der Waals surface area contributed by atoms with Gasteiger partial charge in [-0.15, -0.1) is 0 Å².